The molecule has 0 amide bonds. The van der Waals surface area contributed by atoms with Gasteiger partial charge in [0.2, 0.25) is 4.80 Å². The van der Waals surface area contributed by atoms with Crippen LogP contribution in [0.1, 0.15) is 12.5 Å². The second kappa shape index (κ2) is 7.45. The van der Waals surface area contributed by atoms with E-state index in [1.54, 1.807) is 31.8 Å². The number of methoxy groups -OCH3 is 1. The number of rotatable bonds is 4. The number of ether oxygens (including phenoxy) is 1. The predicted molar refractivity (Wildman–Crippen MR) is 103 cm³/mol. The van der Waals surface area contributed by atoms with E-state index < -0.39 is 0 Å². The number of nitrogens with zero attached hydrogens (tertiary/aromatic N) is 3. The Kier molecular flexibility index (Phi) is 5.09. The normalized spacial score (nSPS) is 12.4. The van der Waals surface area contributed by atoms with E-state index in [0.717, 1.165) is 17.0 Å². The molecule has 2 N–H and O–H groups in total. The van der Waals surface area contributed by atoms with Crippen molar-refractivity contribution in [3.63, 3.8) is 0 Å². The lowest BCUT2D eigenvalue weighted by molar-refractivity contribution is 0.416. The lowest BCUT2D eigenvalue weighted by atomic mass is 10.1. The van der Waals surface area contributed by atoms with Crippen molar-refractivity contribution < 1.29 is 14.9 Å². The summed E-state index contributed by atoms with van der Waals surface area (Å²) in [6, 6.07) is 12.1. The summed E-state index contributed by atoms with van der Waals surface area (Å²) >= 11 is 1.47. The van der Waals surface area contributed by atoms with Crippen LogP contribution < -0.4 is 9.54 Å². The van der Waals surface area contributed by atoms with Crippen LogP contribution in [0.4, 0.5) is 0 Å². The minimum Gasteiger partial charge on any atom is -0.508 e. The number of phenols is 2. The third kappa shape index (κ3) is 3.34. The van der Waals surface area contributed by atoms with Crippen LogP contribution in [0.25, 0.3) is 11.3 Å². The van der Waals surface area contributed by atoms with Crippen LogP contribution in [0.2, 0.25) is 0 Å². The Balaban J connectivity index is 2.18. The first-order chi connectivity index (χ1) is 12.5. The van der Waals surface area contributed by atoms with Gasteiger partial charge in [0.1, 0.15) is 17.2 Å². The molecule has 1 heterocycles. The van der Waals surface area contributed by atoms with Crippen molar-refractivity contribution in [2.75, 3.05) is 14.2 Å². The molecule has 0 unspecified atom stereocenters. The Morgan fingerprint density at radius 3 is 2.62 bits per heavy atom. The molecular formula is C19H19N3O3S. The molecule has 0 radical (unpaired) electrons. The van der Waals surface area contributed by atoms with Gasteiger partial charge in [0.15, 0.2) is 0 Å². The van der Waals surface area contributed by atoms with Gasteiger partial charge in [-0.25, -0.2) is 4.68 Å². The predicted octanol–water partition coefficient (Wildman–Crippen LogP) is 3.44. The lowest BCUT2D eigenvalue weighted by Crippen LogP contribution is -2.14. The van der Waals surface area contributed by atoms with E-state index in [1.165, 1.54) is 23.5 Å². The summed E-state index contributed by atoms with van der Waals surface area (Å²) in [7, 11) is 3.33. The molecule has 3 rings (SSSR count). The molecule has 0 saturated carbocycles. The molecule has 0 aliphatic carbocycles. The highest BCUT2D eigenvalue weighted by atomic mass is 32.1. The van der Waals surface area contributed by atoms with Crippen LogP contribution in [-0.2, 0) is 0 Å². The summed E-state index contributed by atoms with van der Waals surface area (Å²) in [4.78, 5) is 5.00. The first-order valence-corrected chi connectivity index (χ1v) is 8.77. The van der Waals surface area contributed by atoms with Gasteiger partial charge in [-0.15, -0.1) is 11.3 Å². The topological polar surface area (TPSA) is 79.3 Å². The summed E-state index contributed by atoms with van der Waals surface area (Å²) in [5, 5.41) is 26.2. The first-order valence-electron chi connectivity index (χ1n) is 7.90. The first kappa shape index (κ1) is 17.8. The Labute approximate surface area is 155 Å². The lowest BCUT2D eigenvalue weighted by Gasteiger charge is -2.10. The third-order valence-electron chi connectivity index (χ3n) is 3.88. The van der Waals surface area contributed by atoms with Gasteiger partial charge in [0, 0.05) is 29.6 Å². The molecule has 134 valence electrons. The number of hydrogen-bond donors (Lipinski definition) is 2. The number of para-hydroxylation sites is 1. The molecule has 6 nitrogen and oxygen atoms in total. The molecule has 0 bridgehead atoms. The number of thiazole rings is 1. The van der Waals surface area contributed by atoms with Crippen molar-refractivity contribution in [3.05, 3.63) is 58.2 Å². The van der Waals surface area contributed by atoms with E-state index in [-0.39, 0.29) is 11.5 Å². The number of phenolic OH excluding ortho intramolecular Hbond substituents is 2. The second-order valence-corrected chi connectivity index (χ2v) is 6.36. The highest BCUT2D eigenvalue weighted by molar-refractivity contribution is 7.07. The van der Waals surface area contributed by atoms with Crippen molar-refractivity contribution in [2.24, 2.45) is 10.1 Å². The molecule has 7 heteroatoms. The Morgan fingerprint density at radius 1 is 1.15 bits per heavy atom. The van der Waals surface area contributed by atoms with Crippen LogP contribution in [0.15, 0.2) is 57.9 Å². The highest BCUT2D eigenvalue weighted by Gasteiger charge is 2.13. The fourth-order valence-electron chi connectivity index (χ4n) is 2.62. The van der Waals surface area contributed by atoms with E-state index in [9.17, 15) is 10.2 Å². The minimum absolute atomic E-state index is 0.00111. The van der Waals surface area contributed by atoms with E-state index in [2.05, 4.69) is 10.1 Å². The maximum atomic E-state index is 10.1. The van der Waals surface area contributed by atoms with Crippen LogP contribution >= 0.6 is 11.3 Å². The Bertz CT molecular complexity index is 1030. The largest absolute Gasteiger partial charge is 0.508 e. The van der Waals surface area contributed by atoms with Gasteiger partial charge in [-0.1, -0.05) is 12.1 Å². The molecule has 0 aliphatic heterocycles. The zero-order valence-electron chi connectivity index (χ0n) is 14.7. The summed E-state index contributed by atoms with van der Waals surface area (Å²) < 4.78 is 7.19. The SMILES string of the molecule is CN=c1scc(-c2ccccc2OC)n1N=C(C)c1ccc(O)cc1O. The molecule has 26 heavy (non-hydrogen) atoms. The molecule has 0 saturated heterocycles. The molecule has 2 aromatic carbocycles. The van der Waals surface area contributed by atoms with Gasteiger partial charge in [-0.3, -0.25) is 4.99 Å². The minimum atomic E-state index is -0.0316. The molecule has 3 aromatic rings. The summed E-state index contributed by atoms with van der Waals surface area (Å²) in [6.07, 6.45) is 0. The Morgan fingerprint density at radius 2 is 1.92 bits per heavy atom. The maximum Gasteiger partial charge on any atom is 0.205 e. The third-order valence-corrected chi connectivity index (χ3v) is 4.79. The van der Waals surface area contributed by atoms with E-state index >= 15 is 0 Å². The summed E-state index contributed by atoms with van der Waals surface area (Å²) in [5.41, 5.74) is 2.86. The average molecular weight is 369 g/mol. The molecule has 0 atom stereocenters. The monoisotopic (exact) mass is 369 g/mol. The van der Waals surface area contributed by atoms with Gasteiger partial charge < -0.3 is 14.9 Å². The molecule has 0 spiro atoms. The van der Waals surface area contributed by atoms with Crippen LogP contribution in [0.5, 0.6) is 17.2 Å². The van der Waals surface area contributed by atoms with E-state index in [1.807, 2.05) is 29.6 Å². The number of benzene rings is 2. The zero-order valence-corrected chi connectivity index (χ0v) is 15.5. The fraction of sp³-hybridized carbons (Fsp3) is 0.158. The van der Waals surface area contributed by atoms with Gasteiger partial charge in [-0.2, -0.15) is 5.10 Å². The standard InChI is InChI=1S/C19H19N3O3S/c1-12(14-9-8-13(23)10-17(14)24)21-22-16(11-26-19(22)20-2)15-6-4-5-7-18(15)25-3/h4-11,23-24H,1-3H3. The number of aromatic nitrogens is 1. The van der Waals surface area contributed by atoms with Gasteiger partial charge in [0.05, 0.1) is 18.5 Å². The van der Waals surface area contributed by atoms with Crippen LogP contribution in [0.3, 0.4) is 0 Å². The van der Waals surface area contributed by atoms with Gasteiger partial charge >= 0.3 is 0 Å². The molecule has 1 aromatic heterocycles. The average Bonchev–Trinajstić information content (AvgIpc) is 3.03. The van der Waals surface area contributed by atoms with E-state index in [0.29, 0.717) is 16.1 Å². The van der Waals surface area contributed by atoms with Crippen LogP contribution in [-0.4, -0.2) is 34.8 Å². The smallest absolute Gasteiger partial charge is 0.205 e. The molecule has 0 fully saturated rings. The van der Waals surface area contributed by atoms with Gasteiger partial charge in [0.25, 0.3) is 0 Å². The molecule has 0 aliphatic rings. The van der Waals surface area contributed by atoms with Gasteiger partial charge in [-0.05, 0) is 31.2 Å². The fourth-order valence-corrected chi connectivity index (χ4v) is 3.41. The Hall–Kier alpha value is -3.06. The van der Waals surface area contributed by atoms with E-state index in [4.69, 9.17) is 4.74 Å². The van der Waals surface area contributed by atoms with Crippen molar-refractivity contribution in [1.29, 1.82) is 0 Å². The number of hydrogen-bond acceptors (Lipinski definition) is 6. The summed E-state index contributed by atoms with van der Waals surface area (Å²) in [5.74, 6) is 0.708. The van der Waals surface area contributed by atoms with Crippen molar-refractivity contribution in [1.82, 2.24) is 4.68 Å². The van der Waals surface area contributed by atoms with Crippen molar-refractivity contribution in [3.8, 4) is 28.5 Å². The second-order valence-electron chi connectivity index (χ2n) is 5.53. The maximum absolute atomic E-state index is 10.1. The number of aromatic hydroxyl groups is 2. The quantitative estimate of drug-likeness (QED) is 0.692. The van der Waals surface area contributed by atoms with Crippen molar-refractivity contribution in [2.45, 2.75) is 6.92 Å². The highest BCUT2D eigenvalue weighted by Crippen LogP contribution is 2.30. The summed E-state index contributed by atoms with van der Waals surface area (Å²) in [6.45, 7) is 1.79. The van der Waals surface area contributed by atoms with Crippen molar-refractivity contribution >= 4 is 17.0 Å². The molecular weight excluding hydrogens is 350 g/mol. The van der Waals surface area contributed by atoms with Crippen LogP contribution in [0, 0.1) is 0 Å². The zero-order chi connectivity index (χ0) is 18.7.